The van der Waals surface area contributed by atoms with E-state index in [0.29, 0.717) is 27.6 Å². The molecule has 29 heavy (non-hydrogen) atoms. The molecule has 148 valence electrons. The van der Waals surface area contributed by atoms with Crippen LogP contribution in [0.1, 0.15) is 19.4 Å². The number of carbonyl (C=O) groups is 2. The fourth-order valence-corrected chi connectivity index (χ4v) is 3.73. The van der Waals surface area contributed by atoms with Gasteiger partial charge in [0.15, 0.2) is 10.6 Å². The average Bonchev–Trinajstić information content (AvgIpc) is 3.21. The molecule has 1 aliphatic rings. The van der Waals surface area contributed by atoms with Crippen molar-refractivity contribution in [1.82, 2.24) is 14.7 Å². The van der Waals surface area contributed by atoms with Gasteiger partial charge in [-0.05, 0) is 43.6 Å². The van der Waals surface area contributed by atoms with Gasteiger partial charge in [0.25, 0.3) is 0 Å². The maximum absolute atomic E-state index is 12.4. The van der Waals surface area contributed by atoms with Gasteiger partial charge in [0.2, 0.25) is 5.91 Å². The molecule has 0 saturated carbocycles. The Bertz CT molecular complexity index is 1190. The number of aromatic nitrogens is 2. The summed E-state index contributed by atoms with van der Waals surface area (Å²) in [5, 5.41) is 28.3. The molecule has 1 aromatic carbocycles. The summed E-state index contributed by atoms with van der Waals surface area (Å²) in [5.41, 5.74) is 0.687. The van der Waals surface area contributed by atoms with Crippen LogP contribution < -0.4 is 16.0 Å². The van der Waals surface area contributed by atoms with Crippen molar-refractivity contribution in [3.05, 3.63) is 30.0 Å². The summed E-state index contributed by atoms with van der Waals surface area (Å²) >= 11 is 1.15. The first-order valence-electron chi connectivity index (χ1n) is 8.65. The molecule has 0 radical (unpaired) electrons. The van der Waals surface area contributed by atoms with Crippen LogP contribution >= 0.6 is 11.5 Å². The molecular formula is C18H17N7O3S. The SMILES string of the molecule is CNC(=O)Nc1cc(N=Nc2snc3ncccc23)c2c(c1O)C(C)(C)C(=O)N2. The smallest absolute Gasteiger partial charge is 0.319 e. The highest BCUT2D eigenvalue weighted by Crippen LogP contribution is 2.51. The number of pyridine rings is 1. The number of rotatable bonds is 3. The van der Waals surface area contributed by atoms with Gasteiger partial charge in [-0.3, -0.25) is 4.79 Å². The molecule has 2 aromatic heterocycles. The minimum absolute atomic E-state index is 0.123. The lowest BCUT2D eigenvalue weighted by molar-refractivity contribution is -0.119. The Hall–Kier alpha value is -3.60. The van der Waals surface area contributed by atoms with Gasteiger partial charge in [-0.2, -0.15) is 4.37 Å². The molecule has 0 unspecified atom stereocenters. The maximum atomic E-state index is 12.4. The van der Waals surface area contributed by atoms with E-state index in [-0.39, 0.29) is 17.3 Å². The normalized spacial score (nSPS) is 14.8. The zero-order valence-electron chi connectivity index (χ0n) is 15.8. The van der Waals surface area contributed by atoms with Crippen molar-refractivity contribution < 1.29 is 14.7 Å². The predicted molar refractivity (Wildman–Crippen MR) is 109 cm³/mol. The third kappa shape index (κ3) is 3.05. The quantitative estimate of drug-likeness (QED) is 0.383. The fourth-order valence-electron chi connectivity index (χ4n) is 3.08. The molecule has 0 fully saturated rings. The molecule has 0 spiro atoms. The number of amides is 3. The van der Waals surface area contributed by atoms with Crippen LogP contribution in [-0.4, -0.2) is 33.5 Å². The Morgan fingerprint density at radius 3 is 2.90 bits per heavy atom. The van der Waals surface area contributed by atoms with Crippen molar-refractivity contribution in [3.8, 4) is 5.75 Å². The molecule has 11 heteroatoms. The summed E-state index contributed by atoms with van der Waals surface area (Å²) in [4.78, 5) is 28.4. The lowest BCUT2D eigenvalue weighted by atomic mass is 9.85. The highest BCUT2D eigenvalue weighted by molar-refractivity contribution is 7.11. The standard InChI is InChI=1S/C18H17N7O3S/c1-18(2)11-12(22-16(18)27)9(7-10(13(11)26)21-17(28)19-3)23-24-15-8-5-4-6-20-14(8)25-29-15/h4-7,26H,1-3H3,(H,22,27)(H2,19,21,28). The number of urea groups is 1. The number of phenols is 1. The van der Waals surface area contributed by atoms with Gasteiger partial charge < -0.3 is 21.1 Å². The third-order valence-electron chi connectivity index (χ3n) is 4.67. The average molecular weight is 411 g/mol. The number of azo groups is 1. The topological polar surface area (TPSA) is 141 Å². The summed E-state index contributed by atoms with van der Waals surface area (Å²) in [7, 11) is 1.46. The van der Waals surface area contributed by atoms with Crippen LogP contribution in [0.5, 0.6) is 5.75 Å². The van der Waals surface area contributed by atoms with E-state index in [1.165, 1.54) is 13.1 Å². The van der Waals surface area contributed by atoms with E-state index in [2.05, 4.69) is 35.5 Å². The lowest BCUT2D eigenvalue weighted by Crippen LogP contribution is -2.27. The van der Waals surface area contributed by atoms with Gasteiger partial charge in [-0.15, -0.1) is 10.2 Å². The monoisotopic (exact) mass is 411 g/mol. The number of nitrogens with zero attached hydrogens (tertiary/aromatic N) is 4. The molecule has 4 N–H and O–H groups in total. The Morgan fingerprint density at radius 2 is 2.14 bits per heavy atom. The molecule has 0 saturated heterocycles. The number of carbonyl (C=O) groups excluding carboxylic acids is 2. The van der Waals surface area contributed by atoms with Crippen molar-refractivity contribution in [2.45, 2.75) is 19.3 Å². The number of phenolic OH excluding ortho intramolecular Hbond substituents is 1. The van der Waals surface area contributed by atoms with Crippen molar-refractivity contribution >= 4 is 56.6 Å². The second kappa shape index (κ2) is 6.78. The van der Waals surface area contributed by atoms with Gasteiger partial charge >= 0.3 is 6.03 Å². The second-order valence-electron chi connectivity index (χ2n) is 6.89. The molecule has 4 rings (SSSR count). The number of aromatic hydroxyl groups is 1. The number of anilines is 2. The summed E-state index contributed by atoms with van der Waals surface area (Å²) in [5.74, 6) is -0.484. The van der Waals surface area contributed by atoms with Crippen molar-refractivity contribution in [3.63, 3.8) is 0 Å². The number of fused-ring (bicyclic) bond motifs is 2. The van der Waals surface area contributed by atoms with Gasteiger partial charge in [-0.25, -0.2) is 9.78 Å². The highest BCUT2D eigenvalue weighted by atomic mass is 32.1. The summed E-state index contributed by atoms with van der Waals surface area (Å²) in [6, 6.07) is 4.56. The number of hydrogen-bond acceptors (Lipinski definition) is 8. The van der Waals surface area contributed by atoms with Crippen LogP contribution in [0.15, 0.2) is 34.6 Å². The number of nitrogens with one attached hydrogen (secondary N) is 3. The summed E-state index contributed by atoms with van der Waals surface area (Å²) in [6.07, 6.45) is 1.64. The van der Waals surface area contributed by atoms with Gasteiger partial charge in [0, 0.05) is 18.8 Å². The van der Waals surface area contributed by atoms with Crippen LogP contribution in [0, 0.1) is 0 Å². The molecule has 3 aromatic rings. The van der Waals surface area contributed by atoms with E-state index < -0.39 is 11.4 Å². The molecule has 0 aliphatic carbocycles. The van der Waals surface area contributed by atoms with E-state index in [9.17, 15) is 14.7 Å². The van der Waals surface area contributed by atoms with E-state index in [1.54, 1.807) is 26.1 Å². The van der Waals surface area contributed by atoms with E-state index in [1.807, 2.05) is 6.07 Å². The molecule has 3 heterocycles. The number of benzene rings is 1. The highest BCUT2D eigenvalue weighted by Gasteiger charge is 2.43. The predicted octanol–water partition coefficient (Wildman–Crippen LogP) is 3.79. The zero-order valence-corrected chi connectivity index (χ0v) is 16.6. The van der Waals surface area contributed by atoms with Crippen LogP contribution in [0.25, 0.3) is 11.0 Å². The van der Waals surface area contributed by atoms with Crippen LogP contribution in [-0.2, 0) is 10.2 Å². The van der Waals surface area contributed by atoms with Crippen LogP contribution in [0.4, 0.5) is 26.9 Å². The van der Waals surface area contributed by atoms with Crippen molar-refractivity contribution in [1.29, 1.82) is 0 Å². The fraction of sp³-hybridized carbons (Fsp3) is 0.222. The van der Waals surface area contributed by atoms with Crippen molar-refractivity contribution in [2.24, 2.45) is 10.2 Å². The zero-order chi connectivity index (χ0) is 20.8. The maximum Gasteiger partial charge on any atom is 0.319 e. The molecule has 3 amide bonds. The van der Waals surface area contributed by atoms with Gasteiger partial charge in [0.1, 0.15) is 11.4 Å². The first-order chi connectivity index (χ1) is 13.8. The minimum Gasteiger partial charge on any atom is -0.505 e. The van der Waals surface area contributed by atoms with E-state index in [4.69, 9.17) is 0 Å². The molecule has 10 nitrogen and oxygen atoms in total. The third-order valence-corrected chi connectivity index (χ3v) is 5.41. The van der Waals surface area contributed by atoms with Gasteiger partial charge in [-0.1, -0.05) is 0 Å². The molecule has 0 bridgehead atoms. The second-order valence-corrected chi connectivity index (χ2v) is 7.64. The Kier molecular flexibility index (Phi) is 4.38. The molecule has 0 atom stereocenters. The summed E-state index contributed by atoms with van der Waals surface area (Å²) in [6.45, 7) is 3.36. The lowest BCUT2D eigenvalue weighted by Gasteiger charge is -2.19. The number of hydrogen-bond donors (Lipinski definition) is 4. The Balaban J connectivity index is 1.84. The summed E-state index contributed by atoms with van der Waals surface area (Å²) < 4.78 is 4.22. The largest absolute Gasteiger partial charge is 0.505 e. The van der Waals surface area contributed by atoms with Gasteiger partial charge in [0.05, 0.1) is 22.2 Å². The Morgan fingerprint density at radius 1 is 1.34 bits per heavy atom. The Labute approximate surface area is 169 Å². The van der Waals surface area contributed by atoms with E-state index >= 15 is 0 Å². The van der Waals surface area contributed by atoms with Crippen LogP contribution in [0.3, 0.4) is 0 Å². The molecule has 1 aliphatic heterocycles. The first-order valence-corrected chi connectivity index (χ1v) is 9.43. The van der Waals surface area contributed by atoms with Crippen molar-refractivity contribution in [2.75, 3.05) is 17.7 Å². The first kappa shape index (κ1) is 18.7. The molecular weight excluding hydrogens is 394 g/mol. The van der Waals surface area contributed by atoms with E-state index in [0.717, 1.165) is 16.9 Å². The minimum atomic E-state index is -1.01. The van der Waals surface area contributed by atoms with Crippen LogP contribution in [0.2, 0.25) is 0 Å².